The number of hydrogen-bond acceptors (Lipinski definition) is 5. The SMILES string of the molecule is CN(C)CCCN=C=N.N=C=N. The first-order chi connectivity index (χ1) is 5.68. The normalized spacial score (nSPS) is 7.58. The highest BCUT2D eigenvalue weighted by Gasteiger charge is 1.86. The van der Waals surface area contributed by atoms with Crippen LogP contribution < -0.4 is 0 Å². The van der Waals surface area contributed by atoms with Gasteiger partial charge in [0, 0.05) is 0 Å². The maximum Gasteiger partial charge on any atom is 0.0861 e. The fourth-order valence-corrected chi connectivity index (χ4v) is 0.522. The van der Waals surface area contributed by atoms with Crippen molar-refractivity contribution in [3.8, 4) is 0 Å². The molecule has 0 aromatic carbocycles. The van der Waals surface area contributed by atoms with E-state index in [1.807, 2.05) is 20.1 Å². The molecule has 5 nitrogen and oxygen atoms in total. The number of aliphatic imine (C=N–C) groups is 1. The molecule has 0 fully saturated rings. The van der Waals surface area contributed by atoms with E-state index in [0.29, 0.717) is 0 Å². The van der Waals surface area contributed by atoms with Gasteiger partial charge in [-0.1, -0.05) is 0 Å². The van der Waals surface area contributed by atoms with Crippen LogP contribution in [-0.4, -0.2) is 44.1 Å². The van der Waals surface area contributed by atoms with E-state index in [1.165, 1.54) is 6.01 Å². The molecule has 0 heterocycles. The third-order valence-electron chi connectivity index (χ3n) is 0.954. The Kier molecular flexibility index (Phi) is 13.8. The van der Waals surface area contributed by atoms with Crippen molar-refractivity contribution in [2.24, 2.45) is 4.99 Å². The second-order valence-corrected chi connectivity index (χ2v) is 2.28. The zero-order chi connectivity index (χ0) is 9.82. The molecule has 0 aliphatic rings. The molecule has 0 aliphatic heterocycles. The molecule has 0 aliphatic carbocycles. The summed E-state index contributed by atoms with van der Waals surface area (Å²) >= 11 is 0. The fraction of sp³-hybridized carbons (Fsp3) is 0.714. The van der Waals surface area contributed by atoms with Crippen LogP contribution >= 0.6 is 0 Å². The predicted molar refractivity (Wildman–Crippen MR) is 48.6 cm³/mol. The van der Waals surface area contributed by atoms with Crippen LogP contribution in [-0.2, 0) is 0 Å². The molecule has 0 unspecified atom stereocenters. The molecule has 12 heavy (non-hydrogen) atoms. The van der Waals surface area contributed by atoms with Gasteiger partial charge in [0.05, 0.1) is 18.6 Å². The van der Waals surface area contributed by atoms with E-state index in [2.05, 4.69) is 9.89 Å². The molecule has 3 N–H and O–H groups in total. The van der Waals surface area contributed by atoms with Crippen LogP contribution in [0, 0.1) is 16.2 Å². The summed E-state index contributed by atoms with van der Waals surface area (Å²) in [6.07, 6.45) is 1.01. The Morgan fingerprint density at radius 1 is 1.25 bits per heavy atom. The minimum absolute atomic E-state index is 0.724. The van der Waals surface area contributed by atoms with Crippen molar-refractivity contribution in [2.45, 2.75) is 6.42 Å². The Morgan fingerprint density at radius 3 is 2.08 bits per heavy atom. The van der Waals surface area contributed by atoms with Gasteiger partial charge in [0.15, 0.2) is 0 Å². The smallest absolute Gasteiger partial charge is 0.0861 e. The van der Waals surface area contributed by atoms with Crippen LogP contribution in [0.3, 0.4) is 0 Å². The summed E-state index contributed by atoms with van der Waals surface area (Å²) in [4.78, 5) is 5.73. The monoisotopic (exact) mass is 169 g/mol. The second kappa shape index (κ2) is 12.4. The summed E-state index contributed by atoms with van der Waals surface area (Å²) in [5.41, 5.74) is 0. The summed E-state index contributed by atoms with van der Waals surface area (Å²) in [5, 5.41) is 17.7. The molecule has 0 saturated carbocycles. The van der Waals surface area contributed by atoms with Crippen molar-refractivity contribution in [1.82, 2.24) is 4.90 Å². The Bertz CT molecular complexity index is 163. The summed E-state index contributed by atoms with van der Waals surface area (Å²) in [5.74, 6) is 0. The van der Waals surface area contributed by atoms with Crippen LogP contribution in [0.2, 0.25) is 0 Å². The van der Waals surface area contributed by atoms with Crippen molar-refractivity contribution >= 4 is 12.0 Å². The van der Waals surface area contributed by atoms with Crippen molar-refractivity contribution < 1.29 is 0 Å². The quantitative estimate of drug-likeness (QED) is 0.425. The number of nitrogens with one attached hydrogen (secondary N) is 3. The van der Waals surface area contributed by atoms with E-state index in [-0.39, 0.29) is 0 Å². The maximum atomic E-state index is 6.46. The fourth-order valence-electron chi connectivity index (χ4n) is 0.522. The van der Waals surface area contributed by atoms with E-state index < -0.39 is 0 Å². The van der Waals surface area contributed by atoms with E-state index in [1.54, 1.807) is 0 Å². The van der Waals surface area contributed by atoms with E-state index in [9.17, 15) is 0 Å². The van der Waals surface area contributed by atoms with Gasteiger partial charge in [-0.25, -0.2) is 21.2 Å². The van der Waals surface area contributed by atoms with E-state index >= 15 is 0 Å². The summed E-state index contributed by atoms with van der Waals surface area (Å²) in [7, 11) is 4.04. The van der Waals surface area contributed by atoms with Crippen molar-refractivity contribution in [2.75, 3.05) is 27.2 Å². The molecule has 0 radical (unpaired) electrons. The largest absolute Gasteiger partial charge is 0.309 e. The summed E-state index contributed by atoms with van der Waals surface area (Å²) in [6, 6.07) is 3.25. The Morgan fingerprint density at radius 2 is 1.75 bits per heavy atom. The van der Waals surface area contributed by atoms with Gasteiger partial charge < -0.3 is 4.90 Å². The molecule has 0 rings (SSSR count). The lowest BCUT2D eigenvalue weighted by Crippen LogP contribution is -2.13. The highest BCUT2D eigenvalue weighted by Crippen LogP contribution is 1.82. The minimum atomic E-state index is 0.724. The second-order valence-electron chi connectivity index (χ2n) is 2.28. The summed E-state index contributed by atoms with van der Waals surface area (Å²) in [6.45, 7) is 1.76. The van der Waals surface area contributed by atoms with Gasteiger partial charge >= 0.3 is 0 Å². The first-order valence-electron chi connectivity index (χ1n) is 3.50. The molecule has 0 aromatic rings. The van der Waals surface area contributed by atoms with Gasteiger partial charge in [-0.2, -0.15) is 0 Å². The molecule has 0 aromatic heterocycles. The molecular weight excluding hydrogens is 154 g/mol. The third-order valence-corrected chi connectivity index (χ3v) is 0.954. The molecule has 0 amide bonds. The highest BCUT2D eigenvalue weighted by molar-refractivity contribution is 5.35. The first-order valence-corrected chi connectivity index (χ1v) is 3.50. The molecule has 68 valence electrons. The molecular formula is C7H15N5. The highest BCUT2D eigenvalue weighted by atomic mass is 15.0. The van der Waals surface area contributed by atoms with Crippen LogP contribution in [0.25, 0.3) is 0 Å². The number of hydrogen-bond donors (Lipinski definition) is 3. The lowest BCUT2D eigenvalue weighted by molar-refractivity contribution is 0.403. The Hall–Kier alpha value is -1.28. The van der Waals surface area contributed by atoms with E-state index in [4.69, 9.17) is 16.2 Å². The van der Waals surface area contributed by atoms with Crippen molar-refractivity contribution in [3.05, 3.63) is 0 Å². The van der Waals surface area contributed by atoms with Gasteiger partial charge in [0.2, 0.25) is 0 Å². The van der Waals surface area contributed by atoms with Crippen molar-refractivity contribution in [1.29, 1.82) is 16.2 Å². The van der Waals surface area contributed by atoms with Gasteiger partial charge in [-0.3, -0.25) is 0 Å². The van der Waals surface area contributed by atoms with Crippen LogP contribution in [0.5, 0.6) is 0 Å². The van der Waals surface area contributed by atoms with Crippen LogP contribution in [0.15, 0.2) is 4.99 Å². The molecule has 5 heteroatoms. The molecule has 0 atom stereocenters. The number of rotatable bonds is 4. The van der Waals surface area contributed by atoms with Gasteiger partial charge in [-0.15, -0.1) is 0 Å². The molecule has 0 saturated heterocycles. The lowest BCUT2D eigenvalue weighted by atomic mass is 10.4. The lowest BCUT2D eigenvalue weighted by Gasteiger charge is -2.05. The van der Waals surface area contributed by atoms with E-state index in [0.717, 1.165) is 19.5 Å². The summed E-state index contributed by atoms with van der Waals surface area (Å²) < 4.78 is 0. The standard InChI is InChI=1S/C6H13N3.CH2N2/c1-9(2)5-3-4-8-6-7;2-1-3/h7H,3-5H2,1-2H3;2-3H. The Labute approximate surface area is 72.6 Å². The topological polar surface area (TPSA) is 87.2 Å². The molecule has 0 bridgehead atoms. The average molecular weight is 169 g/mol. The van der Waals surface area contributed by atoms with Gasteiger partial charge in [-0.05, 0) is 27.1 Å². The van der Waals surface area contributed by atoms with Gasteiger partial charge in [0.25, 0.3) is 0 Å². The minimum Gasteiger partial charge on any atom is -0.309 e. The Balaban J connectivity index is 0. The maximum absolute atomic E-state index is 6.46. The van der Waals surface area contributed by atoms with Crippen LogP contribution in [0.4, 0.5) is 0 Å². The van der Waals surface area contributed by atoms with Crippen LogP contribution in [0.1, 0.15) is 6.42 Å². The zero-order valence-electron chi connectivity index (χ0n) is 7.52. The molecule has 0 spiro atoms. The third kappa shape index (κ3) is 23.3. The first kappa shape index (κ1) is 13.3. The number of nitrogens with zero attached hydrogens (tertiary/aromatic N) is 2. The zero-order valence-corrected chi connectivity index (χ0v) is 7.52. The van der Waals surface area contributed by atoms with Crippen molar-refractivity contribution in [3.63, 3.8) is 0 Å². The average Bonchev–Trinajstić information content (AvgIpc) is 1.99. The predicted octanol–water partition coefficient (Wildman–Crippen LogP) is 1.01. The van der Waals surface area contributed by atoms with Gasteiger partial charge in [0.1, 0.15) is 0 Å².